The summed E-state index contributed by atoms with van der Waals surface area (Å²) in [6, 6.07) is 0. The molecule has 24 heavy (non-hydrogen) atoms. The predicted molar refractivity (Wildman–Crippen MR) is 91.3 cm³/mol. The Kier molecular flexibility index (Phi) is 5.26. The van der Waals surface area contributed by atoms with Crippen LogP contribution in [0, 0.1) is 13.8 Å². The number of rotatable bonds is 2. The number of likely N-dealkylation sites (tertiary alicyclic amines) is 1. The summed E-state index contributed by atoms with van der Waals surface area (Å²) >= 11 is 0. The van der Waals surface area contributed by atoms with Gasteiger partial charge in [0.1, 0.15) is 11.4 Å². The molecule has 0 radical (unpaired) electrons. The van der Waals surface area contributed by atoms with Crippen LogP contribution in [-0.2, 0) is 4.74 Å². The molecule has 1 aliphatic heterocycles. The maximum atomic E-state index is 12.2. The number of nitrogens with zero attached hydrogens (tertiary/aromatic N) is 3. The van der Waals surface area contributed by atoms with Crippen molar-refractivity contribution in [2.75, 3.05) is 13.1 Å². The quantitative estimate of drug-likeness (QED) is 0.776. The molecule has 0 N–H and O–H groups in total. The lowest BCUT2D eigenvalue weighted by Crippen LogP contribution is -2.41. The Balaban J connectivity index is 2.13. The van der Waals surface area contributed by atoms with E-state index in [1.165, 1.54) is 0 Å². The van der Waals surface area contributed by atoms with Crippen molar-refractivity contribution < 1.29 is 14.3 Å². The fraction of sp³-hybridized carbons (Fsp3) is 0.667. The standard InChI is InChI=1S/C18H27N3O3/c1-11-15(12(2)22)16(20-13(3)19-11)14-7-9-21(10-8-14)17(23)24-18(4,5)6/h14H,7-10H2,1-6H3. The molecular formula is C18H27N3O3. The van der Waals surface area contributed by atoms with E-state index < -0.39 is 5.60 Å². The highest BCUT2D eigenvalue weighted by Gasteiger charge is 2.30. The molecule has 0 unspecified atom stereocenters. The van der Waals surface area contributed by atoms with Crippen molar-refractivity contribution in [2.45, 2.75) is 65.9 Å². The maximum Gasteiger partial charge on any atom is 0.410 e. The number of aromatic nitrogens is 2. The molecule has 0 bridgehead atoms. The number of Topliss-reactive ketones (excluding diaryl/α,β-unsaturated/α-hetero) is 1. The molecule has 0 aliphatic carbocycles. The molecule has 0 saturated carbocycles. The van der Waals surface area contributed by atoms with Crippen LogP contribution in [0.2, 0.25) is 0 Å². The number of hydrogen-bond acceptors (Lipinski definition) is 5. The fourth-order valence-electron chi connectivity index (χ4n) is 3.13. The van der Waals surface area contributed by atoms with Crippen LogP contribution in [0.1, 0.15) is 74.0 Å². The van der Waals surface area contributed by atoms with E-state index in [2.05, 4.69) is 9.97 Å². The number of aryl methyl sites for hydroxylation is 2. The Morgan fingerprint density at radius 1 is 1.12 bits per heavy atom. The minimum atomic E-state index is -0.489. The molecule has 1 amide bonds. The Morgan fingerprint density at radius 3 is 2.21 bits per heavy atom. The van der Waals surface area contributed by atoms with Crippen molar-refractivity contribution >= 4 is 11.9 Å². The molecule has 2 heterocycles. The van der Waals surface area contributed by atoms with Gasteiger partial charge in [-0.15, -0.1) is 0 Å². The van der Waals surface area contributed by atoms with Gasteiger partial charge in [0.2, 0.25) is 0 Å². The first-order valence-corrected chi connectivity index (χ1v) is 8.42. The number of hydrogen-bond donors (Lipinski definition) is 0. The topological polar surface area (TPSA) is 72.4 Å². The first kappa shape index (κ1) is 18.4. The fourth-order valence-corrected chi connectivity index (χ4v) is 3.13. The number of carbonyl (C=O) groups excluding carboxylic acids is 2. The highest BCUT2D eigenvalue weighted by molar-refractivity contribution is 5.96. The van der Waals surface area contributed by atoms with Crippen LogP contribution in [0.25, 0.3) is 0 Å². The van der Waals surface area contributed by atoms with Crippen molar-refractivity contribution in [1.29, 1.82) is 0 Å². The number of piperidine rings is 1. The van der Waals surface area contributed by atoms with Gasteiger partial charge in [-0.05, 0) is 54.4 Å². The Labute approximate surface area is 143 Å². The molecule has 0 atom stereocenters. The van der Waals surface area contributed by atoms with Crippen molar-refractivity contribution in [3.8, 4) is 0 Å². The summed E-state index contributed by atoms with van der Waals surface area (Å²) in [6.07, 6.45) is 1.27. The number of carbonyl (C=O) groups is 2. The molecule has 132 valence electrons. The molecule has 1 aliphatic rings. The van der Waals surface area contributed by atoms with Gasteiger partial charge in [0.05, 0.1) is 17.0 Å². The molecule has 0 aromatic carbocycles. The first-order valence-electron chi connectivity index (χ1n) is 8.42. The minimum Gasteiger partial charge on any atom is -0.444 e. The maximum absolute atomic E-state index is 12.2. The van der Waals surface area contributed by atoms with Gasteiger partial charge in [-0.2, -0.15) is 0 Å². The second-order valence-electron chi connectivity index (χ2n) is 7.41. The molecular weight excluding hydrogens is 306 g/mol. The third kappa shape index (κ3) is 4.30. The zero-order chi connectivity index (χ0) is 18.1. The Bertz CT molecular complexity index is 642. The first-order chi connectivity index (χ1) is 11.1. The number of ketones is 1. The van der Waals surface area contributed by atoms with E-state index in [0.29, 0.717) is 24.5 Å². The third-order valence-electron chi connectivity index (χ3n) is 4.12. The van der Waals surface area contributed by atoms with E-state index in [1.54, 1.807) is 11.8 Å². The van der Waals surface area contributed by atoms with Crippen molar-refractivity contribution in [2.24, 2.45) is 0 Å². The predicted octanol–water partition coefficient (Wildman–Crippen LogP) is 3.41. The normalized spacial score (nSPS) is 16.2. The highest BCUT2D eigenvalue weighted by Crippen LogP contribution is 2.31. The van der Waals surface area contributed by atoms with Gasteiger partial charge < -0.3 is 9.64 Å². The summed E-state index contributed by atoms with van der Waals surface area (Å²) in [5, 5.41) is 0. The summed E-state index contributed by atoms with van der Waals surface area (Å²) < 4.78 is 5.43. The average Bonchev–Trinajstić information content (AvgIpc) is 2.44. The molecule has 1 saturated heterocycles. The van der Waals surface area contributed by atoms with E-state index in [-0.39, 0.29) is 17.8 Å². The molecule has 6 heteroatoms. The minimum absolute atomic E-state index is 0.00271. The van der Waals surface area contributed by atoms with Crippen LogP contribution < -0.4 is 0 Å². The van der Waals surface area contributed by atoms with Crippen LogP contribution in [0.3, 0.4) is 0 Å². The number of ether oxygens (including phenoxy) is 1. The van der Waals surface area contributed by atoms with Crippen molar-refractivity contribution in [3.63, 3.8) is 0 Å². The SMILES string of the molecule is CC(=O)c1c(C)nc(C)nc1C1CCN(C(=O)OC(C)(C)C)CC1. The second kappa shape index (κ2) is 6.87. The lowest BCUT2D eigenvalue weighted by molar-refractivity contribution is 0.0203. The van der Waals surface area contributed by atoms with Crippen LogP contribution in [-0.4, -0.2) is 45.4 Å². The molecule has 1 fully saturated rings. The Hall–Kier alpha value is -1.98. The molecule has 2 rings (SSSR count). The zero-order valence-electron chi connectivity index (χ0n) is 15.5. The van der Waals surface area contributed by atoms with E-state index in [0.717, 1.165) is 24.2 Å². The summed E-state index contributed by atoms with van der Waals surface area (Å²) in [7, 11) is 0. The van der Waals surface area contributed by atoms with Crippen LogP contribution in [0.4, 0.5) is 4.79 Å². The van der Waals surface area contributed by atoms with Crippen molar-refractivity contribution in [3.05, 3.63) is 22.8 Å². The lowest BCUT2D eigenvalue weighted by atomic mass is 9.89. The largest absolute Gasteiger partial charge is 0.444 e. The van der Waals surface area contributed by atoms with E-state index in [4.69, 9.17) is 4.74 Å². The van der Waals surface area contributed by atoms with Gasteiger partial charge >= 0.3 is 6.09 Å². The second-order valence-corrected chi connectivity index (χ2v) is 7.41. The van der Waals surface area contributed by atoms with Crippen molar-refractivity contribution in [1.82, 2.24) is 14.9 Å². The number of amides is 1. The Morgan fingerprint density at radius 2 is 1.71 bits per heavy atom. The average molecular weight is 333 g/mol. The smallest absolute Gasteiger partial charge is 0.410 e. The van der Waals surface area contributed by atoms with E-state index in [9.17, 15) is 9.59 Å². The molecule has 1 aromatic heterocycles. The monoisotopic (exact) mass is 333 g/mol. The highest BCUT2D eigenvalue weighted by atomic mass is 16.6. The molecule has 0 spiro atoms. The van der Waals surface area contributed by atoms with Crippen LogP contribution >= 0.6 is 0 Å². The summed E-state index contributed by atoms with van der Waals surface area (Å²) in [6.45, 7) is 12.1. The van der Waals surface area contributed by atoms with Gasteiger partial charge in [-0.3, -0.25) is 4.79 Å². The van der Waals surface area contributed by atoms with Crippen LogP contribution in [0.5, 0.6) is 0 Å². The zero-order valence-corrected chi connectivity index (χ0v) is 15.5. The molecule has 1 aromatic rings. The lowest BCUT2D eigenvalue weighted by Gasteiger charge is -2.33. The summed E-state index contributed by atoms with van der Waals surface area (Å²) in [4.78, 5) is 34.8. The van der Waals surface area contributed by atoms with Gasteiger partial charge in [-0.1, -0.05) is 0 Å². The van der Waals surface area contributed by atoms with Gasteiger partial charge in [0.15, 0.2) is 5.78 Å². The van der Waals surface area contributed by atoms with Crippen LogP contribution in [0.15, 0.2) is 0 Å². The summed E-state index contributed by atoms with van der Waals surface area (Å²) in [5.41, 5.74) is 1.71. The van der Waals surface area contributed by atoms with Gasteiger partial charge in [0.25, 0.3) is 0 Å². The van der Waals surface area contributed by atoms with E-state index >= 15 is 0 Å². The third-order valence-corrected chi connectivity index (χ3v) is 4.12. The molecule has 6 nitrogen and oxygen atoms in total. The van der Waals surface area contributed by atoms with E-state index in [1.807, 2.05) is 34.6 Å². The van der Waals surface area contributed by atoms with Gasteiger partial charge in [-0.25, -0.2) is 14.8 Å². The summed E-state index contributed by atoms with van der Waals surface area (Å²) in [5.74, 6) is 0.849. The van der Waals surface area contributed by atoms with Gasteiger partial charge in [0, 0.05) is 19.0 Å².